The van der Waals surface area contributed by atoms with Crippen molar-refractivity contribution in [1.29, 1.82) is 0 Å². The Labute approximate surface area is 154 Å². The van der Waals surface area contributed by atoms with Crippen LogP contribution in [0.25, 0.3) is 0 Å². The molecule has 0 radical (unpaired) electrons. The fourth-order valence-electron chi connectivity index (χ4n) is 2.45. The fraction of sp³-hybridized carbons (Fsp3) is 0.375. The van der Waals surface area contributed by atoms with Crippen molar-refractivity contribution in [1.82, 2.24) is 20.4 Å². The lowest BCUT2D eigenvalue weighted by Crippen LogP contribution is -2.48. The molecule has 2 aromatic rings. The van der Waals surface area contributed by atoms with Crippen molar-refractivity contribution >= 4 is 40.0 Å². The first kappa shape index (κ1) is 17.7. The van der Waals surface area contributed by atoms with Crippen molar-refractivity contribution in [2.24, 2.45) is 0 Å². The van der Waals surface area contributed by atoms with Crippen molar-refractivity contribution in [3.05, 3.63) is 35.9 Å². The molecule has 3 rings (SSSR count). The molecule has 1 saturated heterocycles. The lowest BCUT2D eigenvalue weighted by Gasteiger charge is -2.34. The van der Waals surface area contributed by atoms with E-state index in [1.807, 2.05) is 35.2 Å². The summed E-state index contributed by atoms with van der Waals surface area (Å²) in [5.74, 6) is 0.374. The average molecular weight is 377 g/mol. The van der Waals surface area contributed by atoms with Gasteiger partial charge < -0.3 is 15.1 Å². The van der Waals surface area contributed by atoms with E-state index in [0.717, 1.165) is 28.1 Å². The highest BCUT2D eigenvalue weighted by Gasteiger charge is 2.24. The van der Waals surface area contributed by atoms with Gasteiger partial charge in [0.1, 0.15) is 0 Å². The number of aromatic nitrogens is 2. The van der Waals surface area contributed by atoms with E-state index in [4.69, 9.17) is 0 Å². The maximum absolute atomic E-state index is 12.5. The summed E-state index contributed by atoms with van der Waals surface area (Å²) in [6, 6.07) is 9.35. The maximum Gasteiger partial charge on any atom is 0.253 e. The minimum atomic E-state index is -0.0326. The Morgan fingerprint density at radius 2 is 1.88 bits per heavy atom. The van der Waals surface area contributed by atoms with Gasteiger partial charge in [0.05, 0.1) is 5.75 Å². The third kappa shape index (κ3) is 4.49. The van der Waals surface area contributed by atoms with Gasteiger partial charge in [0.25, 0.3) is 5.91 Å². The molecule has 9 heteroatoms. The van der Waals surface area contributed by atoms with Crippen LogP contribution in [0.2, 0.25) is 0 Å². The molecule has 1 aromatic carbocycles. The average Bonchev–Trinajstić information content (AvgIpc) is 3.15. The van der Waals surface area contributed by atoms with E-state index in [1.54, 1.807) is 7.05 Å². The molecule has 25 heavy (non-hydrogen) atoms. The first-order chi connectivity index (χ1) is 12.2. The second-order valence-electron chi connectivity index (χ2n) is 5.46. The zero-order chi connectivity index (χ0) is 17.6. The van der Waals surface area contributed by atoms with E-state index in [9.17, 15) is 9.59 Å². The molecule has 0 spiro atoms. The van der Waals surface area contributed by atoms with Crippen LogP contribution in [0.3, 0.4) is 0 Å². The van der Waals surface area contributed by atoms with Crippen LogP contribution >= 0.6 is 23.1 Å². The van der Waals surface area contributed by atoms with E-state index in [0.29, 0.717) is 18.8 Å². The lowest BCUT2D eigenvalue weighted by molar-refractivity contribution is -0.118. The summed E-state index contributed by atoms with van der Waals surface area (Å²) >= 11 is 2.86. The fourth-order valence-corrected chi connectivity index (χ4v) is 4.22. The van der Waals surface area contributed by atoms with Gasteiger partial charge in [-0.3, -0.25) is 9.59 Å². The Bertz CT molecular complexity index is 729. The molecule has 0 unspecified atom stereocenters. The number of carbonyl (C=O) groups excluding carboxylic acids is 2. The van der Waals surface area contributed by atoms with Crippen LogP contribution in [0.5, 0.6) is 0 Å². The molecule has 1 aliphatic rings. The number of nitrogens with zero attached hydrogens (tertiary/aromatic N) is 4. The van der Waals surface area contributed by atoms with Crippen molar-refractivity contribution in [3.8, 4) is 0 Å². The summed E-state index contributed by atoms with van der Waals surface area (Å²) < 4.78 is 0.779. The van der Waals surface area contributed by atoms with E-state index in [2.05, 4.69) is 20.4 Å². The van der Waals surface area contributed by atoms with Gasteiger partial charge in [-0.25, -0.2) is 0 Å². The van der Waals surface area contributed by atoms with Crippen molar-refractivity contribution < 1.29 is 9.59 Å². The van der Waals surface area contributed by atoms with Gasteiger partial charge in [0.2, 0.25) is 11.0 Å². The number of piperazine rings is 1. The van der Waals surface area contributed by atoms with Gasteiger partial charge in [0, 0.05) is 38.8 Å². The second-order valence-corrected chi connectivity index (χ2v) is 7.64. The van der Waals surface area contributed by atoms with Gasteiger partial charge in [0.15, 0.2) is 4.34 Å². The molecular formula is C16H19N5O2S2. The number of thioether (sulfide) groups is 1. The predicted molar refractivity (Wildman–Crippen MR) is 99.3 cm³/mol. The number of rotatable bonds is 5. The molecule has 132 valence electrons. The van der Waals surface area contributed by atoms with Gasteiger partial charge in [-0.15, -0.1) is 10.2 Å². The Morgan fingerprint density at radius 1 is 1.16 bits per heavy atom. The Hall–Kier alpha value is -2.13. The van der Waals surface area contributed by atoms with E-state index < -0.39 is 0 Å². The Morgan fingerprint density at radius 3 is 2.56 bits per heavy atom. The first-order valence-electron chi connectivity index (χ1n) is 7.93. The van der Waals surface area contributed by atoms with Crippen LogP contribution in [0.1, 0.15) is 10.4 Å². The Kier molecular flexibility index (Phi) is 5.87. The van der Waals surface area contributed by atoms with E-state index in [1.165, 1.54) is 23.1 Å². The summed E-state index contributed by atoms with van der Waals surface area (Å²) in [5.41, 5.74) is 0.722. The molecule has 0 atom stereocenters. The molecule has 0 bridgehead atoms. The van der Waals surface area contributed by atoms with Crippen LogP contribution in [0, 0.1) is 0 Å². The number of hydrogen-bond acceptors (Lipinski definition) is 7. The molecule has 1 fully saturated rings. The molecule has 1 aromatic heterocycles. The van der Waals surface area contributed by atoms with Crippen LogP contribution < -0.4 is 10.2 Å². The monoisotopic (exact) mass is 377 g/mol. The number of carbonyl (C=O) groups is 2. The van der Waals surface area contributed by atoms with Gasteiger partial charge in [-0.05, 0) is 12.1 Å². The third-order valence-electron chi connectivity index (χ3n) is 3.86. The van der Waals surface area contributed by atoms with Crippen molar-refractivity contribution in [2.75, 3.05) is 43.9 Å². The van der Waals surface area contributed by atoms with Crippen molar-refractivity contribution in [2.45, 2.75) is 4.34 Å². The summed E-state index contributed by atoms with van der Waals surface area (Å²) in [7, 11) is 1.62. The number of nitrogens with one attached hydrogen (secondary N) is 1. The highest BCUT2D eigenvalue weighted by molar-refractivity contribution is 8.01. The van der Waals surface area contributed by atoms with Crippen molar-refractivity contribution in [3.63, 3.8) is 0 Å². The van der Waals surface area contributed by atoms with Crippen LogP contribution in [0.15, 0.2) is 34.7 Å². The summed E-state index contributed by atoms with van der Waals surface area (Å²) in [6.45, 7) is 2.78. The summed E-state index contributed by atoms with van der Waals surface area (Å²) in [6.07, 6.45) is 0. The summed E-state index contributed by atoms with van der Waals surface area (Å²) in [4.78, 5) is 27.8. The number of hydrogen-bond donors (Lipinski definition) is 1. The lowest BCUT2D eigenvalue weighted by atomic mass is 10.2. The smallest absolute Gasteiger partial charge is 0.253 e. The van der Waals surface area contributed by atoms with Crippen LogP contribution in [-0.2, 0) is 4.79 Å². The van der Waals surface area contributed by atoms with Crippen LogP contribution in [0.4, 0.5) is 5.13 Å². The van der Waals surface area contributed by atoms with Gasteiger partial charge >= 0.3 is 0 Å². The zero-order valence-corrected chi connectivity index (χ0v) is 15.5. The van der Waals surface area contributed by atoms with Crippen LogP contribution in [-0.4, -0.2) is 65.9 Å². The number of amides is 2. The van der Waals surface area contributed by atoms with E-state index in [-0.39, 0.29) is 11.8 Å². The quantitative estimate of drug-likeness (QED) is 0.793. The Balaban J connectivity index is 1.53. The highest BCUT2D eigenvalue weighted by Crippen LogP contribution is 2.28. The SMILES string of the molecule is CNC(=O)CSc1nnc(N2CCN(C(=O)c3ccccc3)CC2)s1. The molecule has 1 N–H and O–H groups in total. The van der Waals surface area contributed by atoms with Gasteiger partial charge in [-0.1, -0.05) is 41.3 Å². The first-order valence-corrected chi connectivity index (χ1v) is 9.73. The van der Waals surface area contributed by atoms with E-state index >= 15 is 0 Å². The maximum atomic E-state index is 12.5. The normalized spacial score (nSPS) is 14.4. The highest BCUT2D eigenvalue weighted by atomic mass is 32.2. The second kappa shape index (κ2) is 8.30. The largest absolute Gasteiger partial charge is 0.358 e. The molecule has 1 aliphatic heterocycles. The zero-order valence-electron chi connectivity index (χ0n) is 13.8. The minimum Gasteiger partial charge on any atom is -0.358 e. The third-order valence-corrected chi connectivity index (χ3v) is 5.98. The molecule has 0 aliphatic carbocycles. The summed E-state index contributed by atoms with van der Waals surface area (Å²) in [5, 5.41) is 11.8. The minimum absolute atomic E-state index is 0.0326. The standard InChI is InChI=1S/C16H19N5O2S2/c1-17-13(22)11-24-16-19-18-15(25-16)21-9-7-20(8-10-21)14(23)12-5-3-2-4-6-12/h2-6H,7-11H2,1H3,(H,17,22). The number of anilines is 1. The molecular weight excluding hydrogens is 358 g/mol. The van der Waals surface area contributed by atoms with Gasteiger partial charge in [-0.2, -0.15) is 0 Å². The predicted octanol–water partition coefficient (Wildman–Crippen LogP) is 1.34. The topological polar surface area (TPSA) is 78.4 Å². The molecule has 0 saturated carbocycles. The molecule has 2 heterocycles. The molecule has 2 amide bonds. The number of benzene rings is 1. The molecule has 7 nitrogen and oxygen atoms in total.